The minimum absolute atomic E-state index is 0.617. The van der Waals surface area contributed by atoms with Crippen LogP contribution in [0.1, 0.15) is 0 Å². The summed E-state index contributed by atoms with van der Waals surface area (Å²) in [5, 5.41) is 2.17. The molecular formula is C54H34N8O2. The third kappa shape index (κ3) is 6.81. The molecule has 0 N–H and O–H groups in total. The Hall–Kier alpha value is -9.02. The first-order valence-electron chi connectivity index (χ1n) is 20.8. The van der Waals surface area contributed by atoms with E-state index in [4.69, 9.17) is 19.4 Å². The standard InChI is InChI=1S/C54H34N8O2/c1-3-17-45-37(11-1)23-25-53(57-45)61-35-59(49-19-5-7-21-51(49)61)39-13-9-15-41(31-39)63-43-27-29-55-47(33-43)48-34-44(28-30-56-48)64-42-16-10-14-40(32-42)60-36-62(52-22-8-6-20-50(52)60)54-26-24-38-12-2-4-18-46(38)58-54/h1-34H. The van der Waals surface area contributed by atoms with Gasteiger partial charge in [-0.15, -0.1) is 0 Å². The molecule has 0 saturated heterocycles. The lowest BCUT2D eigenvalue weighted by Crippen LogP contribution is -2.29. The Morgan fingerprint density at radius 1 is 0.391 bits per heavy atom. The van der Waals surface area contributed by atoms with Crippen molar-refractivity contribution < 1.29 is 18.6 Å². The second kappa shape index (κ2) is 15.5. The molecule has 6 heterocycles. The summed E-state index contributed by atoms with van der Waals surface area (Å²) in [4.78, 5) is 19.2. The van der Waals surface area contributed by atoms with Crippen LogP contribution in [0.4, 0.5) is 0 Å². The van der Waals surface area contributed by atoms with Crippen LogP contribution in [-0.4, -0.2) is 29.1 Å². The molecule has 0 saturated carbocycles. The fourth-order valence-electron chi connectivity index (χ4n) is 8.08. The van der Waals surface area contributed by atoms with Crippen molar-refractivity contribution in [3.8, 4) is 57.4 Å². The van der Waals surface area contributed by atoms with Crippen LogP contribution < -0.4 is 18.6 Å². The van der Waals surface area contributed by atoms with E-state index in [-0.39, 0.29) is 0 Å². The van der Waals surface area contributed by atoms with Gasteiger partial charge in [0.05, 0.1) is 55.9 Å². The van der Waals surface area contributed by atoms with Crippen LogP contribution in [0.2, 0.25) is 0 Å². The fraction of sp³-hybridized carbons (Fsp3) is 0. The number of ether oxygens (including phenoxy) is 2. The topological polar surface area (TPSA) is 87.6 Å². The van der Waals surface area contributed by atoms with Gasteiger partial charge >= 0.3 is 0 Å². The average molecular weight is 827 g/mol. The Labute approximate surface area is 366 Å². The molecule has 0 aliphatic heterocycles. The quantitative estimate of drug-likeness (QED) is 0.106. The molecule has 0 spiro atoms. The zero-order chi connectivity index (χ0) is 42.4. The highest BCUT2D eigenvalue weighted by Gasteiger charge is 2.16. The Morgan fingerprint density at radius 2 is 0.828 bits per heavy atom. The zero-order valence-corrected chi connectivity index (χ0v) is 34.0. The molecule has 10 nitrogen and oxygen atoms in total. The van der Waals surface area contributed by atoms with E-state index in [1.165, 1.54) is 0 Å². The van der Waals surface area contributed by atoms with Crippen LogP contribution in [0.15, 0.2) is 207 Å². The number of nitrogens with zero attached hydrogens (tertiary/aromatic N) is 8. The number of para-hydroxylation sites is 6. The zero-order valence-electron chi connectivity index (χ0n) is 34.0. The summed E-state index contributed by atoms with van der Waals surface area (Å²) in [5.74, 6) is 4.13. The third-order valence-corrected chi connectivity index (χ3v) is 11.1. The molecule has 12 rings (SSSR count). The van der Waals surface area contributed by atoms with E-state index in [0.717, 1.165) is 66.9 Å². The Kier molecular flexibility index (Phi) is 8.89. The first kappa shape index (κ1) is 36.8. The van der Waals surface area contributed by atoms with Crippen LogP contribution in [0.5, 0.6) is 23.0 Å². The van der Waals surface area contributed by atoms with Gasteiger partial charge in [-0.05, 0) is 83.6 Å². The van der Waals surface area contributed by atoms with Crippen molar-refractivity contribution in [3.05, 3.63) is 219 Å². The lowest BCUT2D eigenvalue weighted by molar-refractivity contribution is -0.572. The van der Waals surface area contributed by atoms with Gasteiger partial charge in [0.25, 0.3) is 12.7 Å². The largest absolute Gasteiger partial charge is 0.458 e. The highest BCUT2D eigenvalue weighted by molar-refractivity contribution is 5.82. The smallest absolute Gasteiger partial charge is 0.271 e. The maximum atomic E-state index is 6.46. The van der Waals surface area contributed by atoms with Gasteiger partial charge < -0.3 is 9.47 Å². The first-order valence-corrected chi connectivity index (χ1v) is 20.8. The summed E-state index contributed by atoms with van der Waals surface area (Å²) < 4.78 is 21.0. The first-order chi connectivity index (χ1) is 31.7. The fourth-order valence-corrected chi connectivity index (χ4v) is 8.08. The van der Waals surface area contributed by atoms with E-state index in [0.29, 0.717) is 34.4 Å². The maximum absolute atomic E-state index is 6.46. The third-order valence-electron chi connectivity index (χ3n) is 11.1. The van der Waals surface area contributed by atoms with E-state index in [9.17, 15) is 0 Å². The molecule has 0 atom stereocenters. The molecule has 6 aromatic carbocycles. The predicted octanol–water partition coefficient (Wildman–Crippen LogP) is 10.9. The van der Waals surface area contributed by atoms with Crippen molar-refractivity contribution in [2.75, 3.05) is 0 Å². The number of rotatable bonds is 9. The molecule has 6 aromatic heterocycles. The van der Waals surface area contributed by atoms with Crippen molar-refractivity contribution in [2.24, 2.45) is 0 Å². The Morgan fingerprint density at radius 3 is 1.33 bits per heavy atom. The summed E-state index contributed by atoms with van der Waals surface area (Å²) in [6, 6.07) is 64.2. The molecular weight excluding hydrogens is 793 g/mol. The lowest BCUT2D eigenvalue weighted by atomic mass is 10.2. The number of imidazole rings is 2. The molecule has 0 fully saturated rings. The summed E-state index contributed by atoms with van der Waals surface area (Å²) >= 11 is 0. The minimum atomic E-state index is 0.617. The Bertz CT molecular complexity index is 3480. The number of fused-ring (bicyclic) bond motifs is 4. The molecule has 0 amide bonds. The summed E-state index contributed by atoms with van der Waals surface area (Å²) in [6.07, 6.45) is 10.5. The van der Waals surface area contributed by atoms with Gasteiger partial charge in [-0.1, -0.05) is 109 Å². The van der Waals surface area contributed by atoms with Crippen LogP contribution in [0.25, 0.3) is 78.3 Å². The van der Waals surface area contributed by atoms with Crippen molar-refractivity contribution in [1.29, 1.82) is 0 Å². The predicted molar refractivity (Wildman–Crippen MR) is 246 cm³/mol. The number of hydrogen-bond donors (Lipinski definition) is 0. The van der Waals surface area contributed by atoms with Crippen molar-refractivity contribution >= 4 is 43.9 Å². The van der Waals surface area contributed by atoms with Crippen LogP contribution in [-0.2, 0) is 0 Å². The highest BCUT2D eigenvalue weighted by atomic mass is 16.5. The number of benzene rings is 6. The minimum Gasteiger partial charge on any atom is -0.458 e. The molecule has 0 unspecified atom stereocenters. The molecule has 12 aromatic rings. The monoisotopic (exact) mass is 826 g/mol. The van der Waals surface area contributed by atoms with E-state index >= 15 is 0 Å². The van der Waals surface area contributed by atoms with Gasteiger partial charge in [0, 0.05) is 24.5 Å². The second-order valence-corrected chi connectivity index (χ2v) is 15.2. The van der Waals surface area contributed by atoms with Crippen LogP contribution >= 0.6 is 0 Å². The molecule has 0 aliphatic carbocycles. The van der Waals surface area contributed by atoms with E-state index < -0.39 is 0 Å². The van der Waals surface area contributed by atoms with Gasteiger partial charge in [-0.3, -0.25) is 28.2 Å². The maximum Gasteiger partial charge on any atom is 0.271 e. The van der Waals surface area contributed by atoms with Gasteiger partial charge in [0.1, 0.15) is 23.0 Å². The Balaban J connectivity index is 0.800. The molecule has 10 heteroatoms. The van der Waals surface area contributed by atoms with Gasteiger partial charge in [-0.2, -0.15) is 0 Å². The molecule has 302 valence electrons. The summed E-state index contributed by atoms with van der Waals surface area (Å²) in [7, 11) is 0. The molecule has 64 heavy (non-hydrogen) atoms. The molecule has 0 aliphatic rings. The van der Waals surface area contributed by atoms with Crippen molar-refractivity contribution in [3.63, 3.8) is 0 Å². The number of hydrogen-bond acceptors (Lipinski definition) is 6. The van der Waals surface area contributed by atoms with Crippen LogP contribution in [0.3, 0.4) is 0 Å². The summed E-state index contributed by atoms with van der Waals surface area (Å²) in [6.45, 7) is 0. The van der Waals surface area contributed by atoms with E-state index in [1.807, 2.05) is 164 Å². The van der Waals surface area contributed by atoms with Crippen molar-refractivity contribution in [1.82, 2.24) is 29.1 Å². The number of aromatic nitrogens is 8. The normalized spacial score (nSPS) is 11.4. The van der Waals surface area contributed by atoms with Gasteiger partial charge in [0.2, 0.25) is 0 Å². The van der Waals surface area contributed by atoms with E-state index in [2.05, 4.69) is 71.2 Å². The summed E-state index contributed by atoms with van der Waals surface area (Å²) in [5.41, 5.74) is 8.86. The average Bonchev–Trinajstić information content (AvgIpc) is 3.94. The second-order valence-electron chi connectivity index (χ2n) is 15.2. The molecule has 0 bridgehead atoms. The van der Waals surface area contributed by atoms with Crippen LogP contribution in [0, 0.1) is 12.7 Å². The number of pyridine rings is 4. The van der Waals surface area contributed by atoms with E-state index in [1.54, 1.807) is 12.4 Å². The van der Waals surface area contributed by atoms with Gasteiger partial charge in [-0.25, -0.2) is 9.97 Å². The lowest BCUT2D eigenvalue weighted by Gasteiger charge is -2.11. The highest BCUT2D eigenvalue weighted by Crippen LogP contribution is 2.30. The van der Waals surface area contributed by atoms with Crippen molar-refractivity contribution in [2.45, 2.75) is 0 Å². The van der Waals surface area contributed by atoms with Gasteiger partial charge in [0.15, 0.2) is 11.6 Å². The molecule has 0 radical (unpaired) electrons. The SMILES string of the molecule is [c-]1n(-c2ccc3ccccc3n2)c2ccccc2[n+]1-c1cccc(Oc2ccnc(-c3cc(Oc4cccc(-[n+]5[c-]n(-c6ccc7ccccc7n6)c6ccccc65)c4)ccn3)c2)c1.